The lowest BCUT2D eigenvalue weighted by molar-refractivity contribution is 0.101. The summed E-state index contributed by atoms with van der Waals surface area (Å²) in [5.74, 6) is -1.30. The minimum atomic E-state index is -0.611. The lowest BCUT2D eigenvalue weighted by atomic mass is 10.0. The van der Waals surface area contributed by atoms with Gasteiger partial charge in [-0.15, -0.1) is 0 Å². The van der Waals surface area contributed by atoms with Crippen LogP contribution in [0.3, 0.4) is 0 Å². The van der Waals surface area contributed by atoms with Gasteiger partial charge in [0, 0.05) is 5.56 Å². The maximum Gasteiger partial charge on any atom is 0.159 e. The first-order chi connectivity index (χ1) is 8.09. The molecule has 0 aliphatic heterocycles. The smallest absolute Gasteiger partial charge is 0.159 e. The Morgan fingerprint density at radius 1 is 0.941 bits per heavy atom. The van der Waals surface area contributed by atoms with Gasteiger partial charge in [0.1, 0.15) is 11.6 Å². The molecule has 2 rings (SSSR count). The summed E-state index contributed by atoms with van der Waals surface area (Å²) in [6.45, 7) is 1.44. The molecule has 3 heteroatoms. The average molecular weight is 232 g/mol. The van der Waals surface area contributed by atoms with Gasteiger partial charge >= 0.3 is 0 Å². The van der Waals surface area contributed by atoms with Crippen molar-refractivity contribution in [2.45, 2.75) is 6.92 Å². The minimum Gasteiger partial charge on any atom is -0.295 e. The number of Topliss-reactive ketones (excluding diaryl/α,β-unsaturated/α-hetero) is 1. The van der Waals surface area contributed by atoms with Crippen LogP contribution in [-0.4, -0.2) is 5.78 Å². The molecule has 0 aromatic heterocycles. The molecule has 0 amide bonds. The zero-order valence-corrected chi connectivity index (χ0v) is 9.21. The molecule has 2 aromatic rings. The summed E-state index contributed by atoms with van der Waals surface area (Å²) in [6, 6.07) is 9.93. The van der Waals surface area contributed by atoms with Gasteiger partial charge in [-0.25, -0.2) is 8.78 Å². The molecule has 1 nitrogen and oxygen atoms in total. The molecule has 0 unspecified atom stereocenters. The van der Waals surface area contributed by atoms with Crippen molar-refractivity contribution in [3.05, 3.63) is 59.7 Å². The predicted octanol–water partition coefficient (Wildman–Crippen LogP) is 3.83. The van der Waals surface area contributed by atoms with Gasteiger partial charge in [0.05, 0.1) is 5.56 Å². The zero-order valence-electron chi connectivity index (χ0n) is 9.21. The van der Waals surface area contributed by atoms with Gasteiger partial charge in [-0.2, -0.15) is 0 Å². The molecule has 2 aromatic carbocycles. The first-order valence-electron chi connectivity index (χ1n) is 5.15. The number of carbonyl (C=O) groups is 1. The first kappa shape index (κ1) is 11.5. The van der Waals surface area contributed by atoms with Crippen LogP contribution in [-0.2, 0) is 0 Å². The van der Waals surface area contributed by atoms with Crippen molar-refractivity contribution < 1.29 is 13.6 Å². The Labute approximate surface area is 97.7 Å². The van der Waals surface area contributed by atoms with Crippen molar-refractivity contribution in [1.82, 2.24) is 0 Å². The summed E-state index contributed by atoms with van der Waals surface area (Å²) in [7, 11) is 0. The van der Waals surface area contributed by atoms with Gasteiger partial charge in [-0.3, -0.25) is 4.79 Å². The van der Waals surface area contributed by atoms with E-state index in [2.05, 4.69) is 0 Å². The monoisotopic (exact) mass is 232 g/mol. The van der Waals surface area contributed by atoms with Crippen LogP contribution in [0.2, 0.25) is 0 Å². The van der Waals surface area contributed by atoms with Crippen molar-refractivity contribution in [2.75, 3.05) is 0 Å². The molecule has 0 radical (unpaired) electrons. The average Bonchev–Trinajstić information content (AvgIpc) is 2.29. The number of rotatable bonds is 2. The molecule has 0 atom stereocenters. The third kappa shape index (κ3) is 2.23. The van der Waals surface area contributed by atoms with E-state index >= 15 is 0 Å². The van der Waals surface area contributed by atoms with Crippen LogP contribution in [0, 0.1) is 11.6 Å². The molecular weight excluding hydrogens is 222 g/mol. The van der Waals surface area contributed by atoms with Gasteiger partial charge in [-0.05, 0) is 24.6 Å². The van der Waals surface area contributed by atoms with Crippen LogP contribution in [0.1, 0.15) is 17.3 Å². The van der Waals surface area contributed by atoms with Gasteiger partial charge in [0.2, 0.25) is 0 Å². The SMILES string of the molecule is CC(=O)c1ccc(-c2c(F)cccc2F)cc1. The van der Waals surface area contributed by atoms with Gasteiger partial charge in [0.15, 0.2) is 5.78 Å². The number of hydrogen-bond donors (Lipinski definition) is 0. The highest BCUT2D eigenvalue weighted by molar-refractivity contribution is 5.94. The molecule has 17 heavy (non-hydrogen) atoms. The van der Waals surface area contributed by atoms with E-state index < -0.39 is 11.6 Å². The second-order valence-corrected chi connectivity index (χ2v) is 3.73. The van der Waals surface area contributed by atoms with Crippen LogP contribution in [0.4, 0.5) is 8.78 Å². The van der Waals surface area contributed by atoms with Crippen LogP contribution in [0.15, 0.2) is 42.5 Å². The largest absolute Gasteiger partial charge is 0.295 e. The van der Waals surface area contributed by atoms with E-state index in [4.69, 9.17) is 0 Å². The fourth-order valence-corrected chi connectivity index (χ4v) is 1.65. The Hall–Kier alpha value is -2.03. The summed E-state index contributed by atoms with van der Waals surface area (Å²) in [6.07, 6.45) is 0. The van der Waals surface area contributed by atoms with Crippen molar-refractivity contribution in [3.8, 4) is 11.1 Å². The maximum atomic E-state index is 13.5. The van der Waals surface area contributed by atoms with Gasteiger partial charge in [0.25, 0.3) is 0 Å². The molecule has 0 N–H and O–H groups in total. The van der Waals surface area contributed by atoms with Gasteiger partial charge < -0.3 is 0 Å². The lowest BCUT2D eigenvalue weighted by Gasteiger charge is -2.05. The molecule has 0 saturated carbocycles. The van der Waals surface area contributed by atoms with Gasteiger partial charge in [-0.1, -0.05) is 30.3 Å². The summed E-state index contributed by atoms with van der Waals surface area (Å²) in [5, 5.41) is 0. The lowest BCUT2D eigenvalue weighted by Crippen LogP contribution is -1.93. The summed E-state index contributed by atoms with van der Waals surface area (Å²) >= 11 is 0. The molecular formula is C14H10F2O. The Morgan fingerprint density at radius 3 is 1.94 bits per heavy atom. The van der Waals surface area contributed by atoms with E-state index in [1.54, 1.807) is 12.1 Å². The molecule has 86 valence electrons. The summed E-state index contributed by atoms with van der Waals surface area (Å²) < 4.78 is 27.0. The topological polar surface area (TPSA) is 17.1 Å². The summed E-state index contributed by atoms with van der Waals surface area (Å²) in [4.78, 5) is 11.1. The van der Waals surface area contributed by atoms with Crippen molar-refractivity contribution in [2.24, 2.45) is 0 Å². The summed E-state index contributed by atoms with van der Waals surface area (Å²) in [5.41, 5.74) is 0.874. The third-order valence-electron chi connectivity index (χ3n) is 2.54. The second kappa shape index (κ2) is 4.45. The van der Waals surface area contributed by atoms with Crippen LogP contribution in [0.25, 0.3) is 11.1 Å². The number of ketones is 1. The standard InChI is InChI=1S/C14H10F2O/c1-9(17)10-5-7-11(8-6-10)14-12(15)3-2-4-13(14)16/h2-8H,1H3. The number of halogens is 2. The fraction of sp³-hybridized carbons (Fsp3) is 0.0714. The first-order valence-corrected chi connectivity index (χ1v) is 5.15. The van der Waals surface area contributed by atoms with Crippen LogP contribution in [0.5, 0.6) is 0 Å². The Kier molecular flexibility index (Phi) is 3.00. The molecule has 0 bridgehead atoms. The fourth-order valence-electron chi connectivity index (χ4n) is 1.65. The predicted molar refractivity (Wildman–Crippen MR) is 61.8 cm³/mol. The normalized spacial score (nSPS) is 10.3. The van der Waals surface area contributed by atoms with Crippen molar-refractivity contribution in [3.63, 3.8) is 0 Å². The Morgan fingerprint density at radius 2 is 1.47 bits per heavy atom. The van der Waals surface area contributed by atoms with E-state index in [9.17, 15) is 13.6 Å². The van der Waals surface area contributed by atoms with Crippen molar-refractivity contribution in [1.29, 1.82) is 0 Å². The molecule has 0 aliphatic rings. The molecule has 0 heterocycles. The zero-order chi connectivity index (χ0) is 12.4. The number of hydrogen-bond acceptors (Lipinski definition) is 1. The third-order valence-corrected chi connectivity index (χ3v) is 2.54. The molecule has 0 fully saturated rings. The Balaban J connectivity index is 2.50. The highest BCUT2D eigenvalue weighted by atomic mass is 19.1. The number of benzene rings is 2. The highest BCUT2D eigenvalue weighted by Gasteiger charge is 2.10. The van der Waals surface area contributed by atoms with E-state index in [1.807, 2.05) is 0 Å². The van der Waals surface area contributed by atoms with E-state index in [0.717, 1.165) is 0 Å². The maximum absolute atomic E-state index is 13.5. The minimum absolute atomic E-state index is 0.0670. The second-order valence-electron chi connectivity index (χ2n) is 3.73. The molecule has 0 spiro atoms. The van der Waals surface area contributed by atoms with E-state index in [-0.39, 0.29) is 11.3 Å². The Bertz CT molecular complexity index is 539. The van der Waals surface area contributed by atoms with Crippen LogP contribution >= 0.6 is 0 Å². The quantitative estimate of drug-likeness (QED) is 0.719. The highest BCUT2D eigenvalue weighted by Crippen LogP contribution is 2.26. The van der Waals surface area contributed by atoms with E-state index in [0.29, 0.717) is 11.1 Å². The van der Waals surface area contributed by atoms with E-state index in [1.165, 1.54) is 37.3 Å². The number of carbonyl (C=O) groups excluding carboxylic acids is 1. The molecule has 0 saturated heterocycles. The molecule has 0 aliphatic carbocycles. The van der Waals surface area contributed by atoms with Crippen LogP contribution < -0.4 is 0 Å². The van der Waals surface area contributed by atoms with Crippen molar-refractivity contribution >= 4 is 5.78 Å².